The Morgan fingerprint density at radius 3 is 2.93 bits per heavy atom. The van der Waals surface area contributed by atoms with E-state index in [4.69, 9.17) is 5.73 Å². The molecule has 74 valence electrons. The van der Waals surface area contributed by atoms with Gasteiger partial charge in [-0.15, -0.1) is 11.3 Å². The van der Waals surface area contributed by atoms with Crippen LogP contribution in [-0.4, -0.2) is 9.97 Å². The van der Waals surface area contributed by atoms with Crippen LogP contribution >= 0.6 is 27.3 Å². The zero-order chi connectivity index (χ0) is 10.1. The van der Waals surface area contributed by atoms with E-state index >= 15 is 0 Å². The minimum atomic E-state index is 0.452. The summed E-state index contributed by atoms with van der Waals surface area (Å²) >= 11 is 5.10. The van der Waals surface area contributed by atoms with Gasteiger partial charge in [0.15, 0.2) is 0 Å². The highest BCUT2D eigenvalue weighted by Crippen LogP contribution is 2.30. The number of aromatic amines is 1. The van der Waals surface area contributed by atoms with Crippen molar-refractivity contribution in [1.29, 1.82) is 0 Å². The predicted octanol–water partition coefficient (Wildman–Crippen LogP) is 2.67. The highest BCUT2D eigenvalue weighted by atomic mass is 79.9. The number of hydrogen-bond acceptors (Lipinski definition) is 3. The summed E-state index contributed by atoms with van der Waals surface area (Å²) in [4.78, 5) is 8.74. The molecular formula is C9H10BrN3S. The van der Waals surface area contributed by atoms with E-state index in [2.05, 4.69) is 32.0 Å². The number of nitrogens with zero attached hydrogens (tertiary/aromatic N) is 1. The SMILES string of the molecule is Cc1[nH]c(CN)nc1-c1cc(Br)cs1. The van der Waals surface area contributed by atoms with Gasteiger partial charge in [0.1, 0.15) is 11.5 Å². The van der Waals surface area contributed by atoms with Gasteiger partial charge in [-0.2, -0.15) is 0 Å². The van der Waals surface area contributed by atoms with Gasteiger partial charge >= 0.3 is 0 Å². The summed E-state index contributed by atoms with van der Waals surface area (Å²) in [5.74, 6) is 0.835. The largest absolute Gasteiger partial charge is 0.344 e. The molecule has 0 spiro atoms. The quantitative estimate of drug-likeness (QED) is 0.883. The molecule has 2 rings (SSSR count). The summed E-state index contributed by atoms with van der Waals surface area (Å²) in [6.45, 7) is 2.46. The van der Waals surface area contributed by atoms with E-state index in [9.17, 15) is 0 Å². The van der Waals surface area contributed by atoms with Crippen molar-refractivity contribution in [3.63, 3.8) is 0 Å². The van der Waals surface area contributed by atoms with Gasteiger partial charge in [-0.25, -0.2) is 4.98 Å². The molecule has 0 aromatic carbocycles. The van der Waals surface area contributed by atoms with Crippen LogP contribution in [0.5, 0.6) is 0 Å². The first kappa shape index (κ1) is 9.89. The van der Waals surface area contributed by atoms with E-state index in [-0.39, 0.29) is 0 Å². The number of aromatic nitrogens is 2. The maximum absolute atomic E-state index is 5.52. The number of imidazole rings is 1. The lowest BCUT2D eigenvalue weighted by molar-refractivity contribution is 0.944. The second-order valence-corrected chi connectivity index (χ2v) is 4.82. The molecule has 2 aromatic rings. The standard InChI is InChI=1S/C9H10BrN3S/c1-5-9(13-8(3-11)12-5)7-2-6(10)4-14-7/h2,4H,3,11H2,1H3,(H,12,13). The highest BCUT2D eigenvalue weighted by Gasteiger charge is 2.09. The Morgan fingerprint density at radius 2 is 2.43 bits per heavy atom. The molecule has 0 fully saturated rings. The van der Waals surface area contributed by atoms with Crippen LogP contribution in [0.3, 0.4) is 0 Å². The molecule has 3 N–H and O–H groups in total. The first-order valence-corrected chi connectivity index (χ1v) is 5.88. The van der Waals surface area contributed by atoms with E-state index in [1.165, 1.54) is 0 Å². The molecule has 0 aliphatic heterocycles. The molecule has 5 heteroatoms. The van der Waals surface area contributed by atoms with E-state index in [1.807, 2.05) is 12.3 Å². The second-order valence-electron chi connectivity index (χ2n) is 2.99. The number of nitrogens with one attached hydrogen (secondary N) is 1. The van der Waals surface area contributed by atoms with Crippen molar-refractivity contribution in [2.24, 2.45) is 5.73 Å². The number of hydrogen-bond donors (Lipinski definition) is 2. The molecule has 0 atom stereocenters. The Bertz CT molecular complexity index is 447. The third-order valence-corrected chi connectivity index (χ3v) is 3.63. The van der Waals surface area contributed by atoms with E-state index in [1.54, 1.807) is 11.3 Å². The van der Waals surface area contributed by atoms with Crippen LogP contribution in [-0.2, 0) is 6.54 Å². The van der Waals surface area contributed by atoms with Gasteiger partial charge < -0.3 is 10.7 Å². The number of aryl methyl sites for hydroxylation is 1. The maximum atomic E-state index is 5.52. The summed E-state index contributed by atoms with van der Waals surface area (Å²) < 4.78 is 1.09. The summed E-state index contributed by atoms with van der Waals surface area (Å²) in [7, 11) is 0. The molecule has 0 bridgehead atoms. The molecule has 0 radical (unpaired) electrons. The molecule has 2 heterocycles. The van der Waals surface area contributed by atoms with Crippen molar-refractivity contribution < 1.29 is 0 Å². The summed E-state index contributed by atoms with van der Waals surface area (Å²) in [6, 6.07) is 2.06. The molecule has 3 nitrogen and oxygen atoms in total. The monoisotopic (exact) mass is 271 g/mol. The van der Waals surface area contributed by atoms with Crippen molar-refractivity contribution in [1.82, 2.24) is 9.97 Å². The predicted molar refractivity (Wildman–Crippen MR) is 62.2 cm³/mol. The average molecular weight is 272 g/mol. The topological polar surface area (TPSA) is 54.7 Å². The van der Waals surface area contributed by atoms with Gasteiger partial charge in [0.05, 0.1) is 11.4 Å². The van der Waals surface area contributed by atoms with Gasteiger partial charge in [-0.3, -0.25) is 0 Å². The van der Waals surface area contributed by atoms with Crippen molar-refractivity contribution in [2.75, 3.05) is 0 Å². The normalized spacial score (nSPS) is 10.8. The zero-order valence-electron chi connectivity index (χ0n) is 7.67. The maximum Gasteiger partial charge on any atom is 0.120 e. The Balaban J connectivity index is 2.45. The van der Waals surface area contributed by atoms with Crippen molar-refractivity contribution >= 4 is 27.3 Å². The van der Waals surface area contributed by atoms with Crippen LogP contribution < -0.4 is 5.73 Å². The smallest absolute Gasteiger partial charge is 0.120 e. The van der Waals surface area contributed by atoms with Crippen LogP contribution in [0.4, 0.5) is 0 Å². The van der Waals surface area contributed by atoms with Gasteiger partial charge in [0.2, 0.25) is 0 Å². The number of halogens is 1. The molecular weight excluding hydrogens is 262 g/mol. The molecule has 2 aromatic heterocycles. The van der Waals surface area contributed by atoms with Crippen LogP contribution in [0.25, 0.3) is 10.6 Å². The van der Waals surface area contributed by atoms with E-state index < -0.39 is 0 Å². The summed E-state index contributed by atoms with van der Waals surface area (Å²) in [6.07, 6.45) is 0. The molecule has 14 heavy (non-hydrogen) atoms. The first-order valence-electron chi connectivity index (χ1n) is 4.20. The molecule has 0 amide bonds. The van der Waals surface area contributed by atoms with Crippen LogP contribution in [0.15, 0.2) is 15.9 Å². The minimum Gasteiger partial charge on any atom is -0.344 e. The van der Waals surface area contributed by atoms with Gasteiger partial charge in [0, 0.05) is 15.5 Å². The molecule has 0 unspecified atom stereocenters. The fourth-order valence-corrected chi connectivity index (χ4v) is 2.77. The highest BCUT2D eigenvalue weighted by molar-refractivity contribution is 9.10. The lowest BCUT2D eigenvalue weighted by Crippen LogP contribution is -1.97. The van der Waals surface area contributed by atoms with Crippen molar-refractivity contribution in [2.45, 2.75) is 13.5 Å². The van der Waals surface area contributed by atoms with E-state index in [0.717, 1.165) is 26.6 Å². The van der Waals surface area contributed by atoms with E-state index in [0.29, 0.717) is 6.54 Å². The third-order valence-electron chi connectivity index (χ3n) is 1.93. The number of nitrogens with two attached hydrogens (primary N) is 1. The second kappa shape index (κ2) is 3.84. The fraction of sp³-hybridized carbons (Fsp3) is 0.222. The Hall–Kier alpha value is -0.650. The van der Waals surface area contributed by atoms with Gasteiger partial charge in [-0.05, 0) is 28.9 Å². The molecule has 0 aliphatic carbocycles. The Kier molecular flexibility index (Phi) is 2.71. The molecule has 0 saturated heterocycles. The van der Waals surface area contributed by atoms with Crippen molar-refractivity contribution in [3.05, 3.63) is 27.4 Å². The van der Waals surface area contributed by atoms with Crippen LogP contribution in [0.2, 0.25) is 0 Å². The average Bonchev–Trinajstić information content (AvgIpc) is 2.71. The minimum absolute atomic E-state index is 0.452. The molecule has 0 saturated carbocycles. The zero-order valence-corrected chi connectivity index (χ0v) is 10.1. The van der Waals surface area contributed by atoms with Crippen LogP contribution in [0.1, 0.15) is 11.5 Å². The lowest BCUT2D eigenvalue weighted by atomic mass is 10.3. The Labute approximate surface area is 94.5 Å². The lowest BCUT2D eigenvalue weighted by Gasteiger charge is -1.90. The molecule has 0 aliphatic rings. The number of H-pyrrole nitrogens is 1. The third kappa shape index (κ3) is 1.75. The summed E-state index contributed by atoms with van der Waals surface area (Å²) in [5.41, 5.74) is 7.59. The summed E-state index contributed by atoms with van der Waals surface area (Å²) in [5, 5.41) is 2.05. The van der Waals surface area contributed by atoms with Crippen LogP contribution in [0, 0.1) is 6.92 Å². The van der Waals surface area contributed by atoms with Gasteiger partial charge in [-0.1, -0.05) is 0 Å². The Morgan fingerprint density at radius 1 is 1.64 bits per heavy atom. The first-order chi connectivity index (χ1) is 6.70. The number of rotatable bonds is 2. The van der Waals surface area contributed by atoms with Crippen molar-refractivity contribution in [3.8, 4) is 10.6 Å². The fourth-order valence-electron chi connectivity index (χ4n) is 1.30. The van der Waals surface area contributed by atoms with Gasteiger partial charge in [0.25, 0.3) is 0 Å². The number of thiophene rings is 1.